The molecule has 4 rings (SSSR count). The molecule has 1 heterocycles. The largest absolute Gasteiger partial charge is 0.489 e. The highest BCUT2D eigenvalue weighted by Gasteiger charge is 2.24. The number of hydrogen-bond acceptors (Lipinski definition) is 3. The quantitative estimate of drug-likeness (QED) is 0.393. The second-order valence-corrected chi connectivity index (χ2v) is 8.06. The minimum atomic E-state index is -0.282. The Balaban J connectivity index is 0.000000970. The summed E-state index contributed by atoms with van der Waals surface area (Å²) in [6.45, 7) is 10.2. The lowest BCUT2D eigenvalue weighted by Gasteiger charge is -2.17. The van der Waals surface area contributed by atoms with Crippen LogP contribution in [0.5, 0.6) is 5.75 Å². The summed E-state index contributed by atoms with van der Waals surface area (Å²) in [5.41, 5.74) is 3.93. The zero-order chi connectivity index (χ0) is 24.9. The maximum absolute atomic E-state index is 15.0. The first-order chi connectivity index (χ1) is 16.7. The van der Waals surface area contributed by atoms with E-state index in [9.17, 15) is 13.6 Å². The smallest absolute Gasteiger partial charge is 0.150 e. The number of alkyl halides is 1. The van der Waals surface area contributed by atoms with Crippen molar-refractivity contribution in [2.24, 2.45) is 0 Å². The number of ether oxygens (including phenoxy) is 1. The maximum Gasteiger partial charge on any atom is 0.150 e. The molecule has 5 heteroatoms. The summed E-state index contributed by atoms with van der Waals surface area (Å²) in [4.78, 5) is 13.4. The van der Waals surface area contributed by atoms with Crippen molar-refractivity contribution in [3.63, 3.8) is 0 Å². The van der Waals surface area contributed by atoms with Gasteiger partial charge in [-0.1, -0.05) is 52.0 Å². The van der Waals surface area contributed by atoms with E-state index in [0.717, 1.165) is 67.6 Å². The maximum atomic E-state index is 15.0. The highest BCUT2D eigenvalue weighted by molar-refractivity contribution is 5.85. The molecule has 2 aromatic rings. The van der Waals surface area contributed by atoms with Crippen LogP contribution in [-0.2, 0) is 6.42 Å². The van der Waals surface area contributed by atoms with Crippen LogP contribution in [0, 0.1) is 0 Å². The number of hydrogen-bond donors (Lipinski definition) is 0. The van der Waals surface area contributed by atoms with Gasteiger partial charge in [-0.15, -0.1) is 0 Å². The molecule has 1 atom stereocenters. The summed E-state index contributed by atoms with van der Waals surface area (Å²) in [6.07, 6.45) is 4.32. The van der Waals surface area contributed by atoms with Crippen molar-refractivity contribution in [1.29, 1.82) is 0 Å². The number of aldehydes is 1. The molecule has 34 heavy (non-hydrogen) atoms. The van der Waals surface area contributed by atoms with Crippen molar-refractivity contribution in [2.75, 3.05) is 26.3 Å². The zero-order valence-corrected chi connectivity index (χ0v) is 21.1. The molecule has 0 aromatic heterocycles. The highest BCUT2D eigenvalue weighted by atomic mass is 19.1. The Morgan fingerprint density at radius 2 is 1.79 bits per heavy atom. The standard InChI is InChI=1S/C25H27F2NO2.2C2H6/c26-12-2-13-28-14-11-22(16-28)30-21-8-6-19(7-9-21)25-23-10-5-18(17-29)15-20(23)3-1-4-24(25)27;2*1-2/h5-10,15,17,22H,1-4,11-14,16H2;2*1-2H3. The van der Waals surface area contributed by atoms with Gasteiger partial charge in [0.1, 0.15) is 24.0 Å². The Bertz CT molecular complexity index is 924. The molecule has 1 unspecified atom stereocenters. The fourth-order valence-corrected chi connectivity index (χ4v) is 4.43. The lowest BCUT2D eigenvalue weighted by atomic mass is 9.92. The van der Waals surface area contributed by atoms with E-state index in [1.165, 1.54) is 0 Å². The van der Waals surface area contributed by atoms with Crippen LogP contribution in [-0.4, -0.2) is 43.6 Å². The summed E-state index contributed by atoms with van der Waals surface area (Å²) < 4.78 is 33.4. The summed E-state index contributed by atoms with van der Waals surface area (Å²) in [5.74, 6) is 0.655. The number of nitrogens with zero attached hydrogens (tertiary/aromatic N) is 1. The predicted molar refractivity (Wildman–Crippen MR) is 137 cm³/mol. The van der Waals surface area contributed by atoms with Crippen molar-refractivity contribution in [3.8, 4) is 5.75 Å². The third-order valence-electron chi connectivity index (χ3n) is 5.93. The van der Waals surface area contributed by atoms with Crippen molar-refractivity contribution < 1.29 is 18.3 Å². The summed E-state index contributed by atoms with van der Waals surface area (Å²) in [7, 11) is 0. The van der Waals surface area contributed by atoms with Gasteiger partial charge in [0.05, 0.1) is 6.67 Å². The number of allylic oxidation sites excluding steroid dienone is 1. The SMILES string of the molecule is CC.CC.O=Cc1ccc2c(c1)CCCC(F)=C2c1ccc(OC2CCN(CCCF)C2)cc1. The third kappa shape index (κ3) is 7.23. The minimum absolute atomic E-state index is 0.104. The van der Waals surface area contributed by atoms with E-state index < -0.39 is 0 Å². The molecular formula is C29H39F2NO2. The molecule has 0 bridgehead atoms. The molecule has 2 aromatic carbocycles. The van der Waals surface area contributed by atoms with E-state index in [1.807, 2.05) is 64.1 Å². The van der Waals surface area contributed by atoms with E-state index in [1.54, 1.807) is 6.07 Å². The number of benzene rings is 2. The highest BCUT2D eigenvalue weighted by Crippen LogP contribution is 2.36. The van der Waals surface area contributed by atoms with Crippen LogP contribution < -0.4 is 4.74 Å². The Hall–Kier alpha value is -2.53. The number of likely N-dealkylation sites (tertiary alicyclic amines) is 1. The van der Waals surface area contributed by atoms with E-state index in [2.05, 4.69) is 4.90 Å². The number of halogens is 2. The van der Waals surface area contributed by atoms with Crippen molar-refractivity contribution in [3.05, 3.63) is 70.5 Å². The van der Waals surface area contributed by atoms with Gasteiger partial charge in [0, 0.05) is 37.2 Å². The van der Waals surface area contributed by atoms with Gasteiger partial charge in [-0.25, -0.2) is 4.39 Å². The lowest BCUT2D eigenvalue weighted by Crippen LogP contribution is -2.26. The lowest BCUT2D eigenvalue weighted by molar-refractivity contribution is 0.112. The molecule has 1 aliphatic heterocycles. The van der Waals surface area contributed by atoms with Gasteiger partial charge in [-0.2, -0.15) is 0 Å². The van der Waals surface area contributed by atoms with Crippen LogP contribution >= 0.6 is 0 Å². The third-order valence-corrected chi connectivity index (χ3v) is 5.93. The molecule has 3 nitrogen and oxygen atoms in total. The minimum Gasteiger partial charge on any atom is -0.489 e. The average Bonchev–Trinajstić information content (AvgIpc) is 3.26. The molecule has 0 spiro atoms. The Morgan fingerprint density at radius 3 is 2.47 bits per heavy atom. The van der Waals surface area contributed by atoms with E-state index >= 15 is 0 Å². The Labute approximate surface area is 203 Å². The van der Waals surface area contributed by atoms with Gasteiger partial charge < -0.3 is 4.74 Å². The second kappa shape index (κ2) is 14.7. The number of carbonyl (C=O) groups is 1. The summed E-state index contributed by atoms with van der Waals surface area (Å²) >= 11 is 0. The van der Waals surface area contributed by atoms with E-state index in [0.29, 0.717) is 24.0 Å². The van der Waals surface area contributed by atoms with Crippen LogP contribution in [0.2, 0.25) is 0 Å². The molecule has 0 radical (unpaired) electrons. The Kier molecular flexibility index (Phi) is 12.0. The van der Waals surface area contributed by atoms with Crippen LogP contribution in [0.25, 0.3) is 5.57 Å². The van der Waals surface area contributed by atoms with E-state index in [4.69, 9.17) is 4.74 Å². The van der Waals surface area contributed by atoms with Crippen LogP contribution in [0.3, 0.4) is 0 Å². The van der Waals surface area contributed by atoms with Gasteiger partial charge in [0.2, 0.25) is 0 Å². The molecule has 0 N–H and O–H groups in total. The fraction of sp³-hybridized carbons (Fsp3) is 0.483. The van der Waals surface area contributed by atoms with Gasteiger partial charge in [0.15, 0.2) is 0 Å². The molecule has 0 amide bonds. The second-order valence-electron chi connectivity index (χ2n) is 8.06. The number of rotatable bonds is 7. The number of carbonyl (C=O) groups excluding carboxylic acids is 1. The summed E-state index contributed by atoms with van der Waals surface area (Å²) in [5, 5.41) is 0. The first-order valence-corrected chi connectivity index (χ1v) is 12.7. The first-order valence-electron chi connectivity index (χ1n) is 12.7. The normalized spacial score (nSPS) is 17.5. The average molecular weight is 472 g/mol. The first kappa shape index (κ1) is 27.7. The molecule has 1 fully saturated rings. The monoisotopic (exact) mass is 471 g/mol. The predicted octanol–water partition coefficient (Wildman–Crippen LogP) is 7.43. The molecule has 186 valence electrons. The molecular weight excluding hydrogens is 432 g/mol. The van der Waals surface area contributed by atoms with Gasteiger partial charge in [0.25, 0.3) is 0 Å². The van der Waals surface area contributed by atoms with Crippen molar-refractivity contribution in [1.82, 2.24) is 4.90 Å². The molecule has 2 aliphatic rings. The van der Waals surface area contributed by atoms with Gasteiger partial charge in [-0.3, -0.25) is 14.1 Å². The van der Waals surface area contributed by atoms with Crippen LogP contribution in [0.15, 0.2) is 48.3 Å². The van der Waals surface area contributed by atoms with Crippen LogP contribution in [0.4, 0.5) is 8.78 Å². The molecule has 1 aliphatic carbocycles. The fourth-order valence-electron chi connectivity index (χ4n) is 4.43. The van der Waals surface area contributed by atoms with Crippen LogP contribution in [0.1, 0.15) is 80.4 Å². The number of aryl methyl sites for hydroxylation is 1. The molecule has 1 saturated heterocycles. The van der Waals surface area contributed by atoms with Crippen molar-refractivity contribution in [2.45, 2.75) is 65.9 Å². The number of fused-ring (bicyclic) bond motifs is 1. The van der Waals surface area contributed by atoms with Crippen molar-refractivity contribution >= 4 is 11.9 Å². The van der Waals surface area contributed by atoms with Gasteiger partial charge >= 0.3 is 0 Å². The molecule has 0 saturated carbocycles. The summed E-state index contributed by atoms with van der Waals surface area (Å²) in [6, 6.07) is 13.1. The Morgan fingerprint density at radius 1 is 1.06 bits per heavy atom. The zero-order valence-electron chi connectivity index (χ0n) is 21.1. The van der Waals surface area contributed by atoms with E-state index in [-0.39, 0.29) is 18.6 Å². The topological polar surface area (TPSA) is 29.5 Å². The van der Waals surface area contributed by atoms with Gasteiger partial charge in [-0.05, 0) is 60.6 Å².